The number of fused-ring (bicyclic) bond motifs is 5. The van der Waals surface area contributed by atoms with Crippen molar-refractivity contribution in [3.05, 3.63) is 40.3 Å². The summed E-state index contributed by atoms with van der Waals surface area (Å²) < 4.78 is 6.98. The molecule has 2 aliphatic heterocycles. The van der Waals surface area contributed by atoms with Crippen molar-refractivity contribution >= 4 is 61.7 Å². The van der Waals surface area contributed by atoms with Crippen molar-refractivity contribution in [3.8, 4) is 11.8 Å². The summed E-state index contributed by atoms with van der Waals surface area (Å²) in [7, 11) is 0. The molecule has 12 nitrogen and oxygen atoms in total. The number of nitrogens with zero attached hydrogens (tertiary/aromatic N) is 6. The van der Waals surface area contributed by atoms with E-state index in [1.807, 2.05) is 19.1 Å². The Morgan fingerprint density at radius 2 is 2.03 bits per heavy atom. The SMILES string of the molecule is C[C@@H]1CNc2c(sc3ccc4nc(Oc5nc(Cl)ncc5CN5CCN(C(=O)O)CC5)cnc4c23)C(=O)N1. The molecule has 14 heteroatoms. The number of carbonyl (C=O) groups excluding carboxylic acids is 1. The van der Waals surface area contributed by atoms with Crippen LogP contribution in [0.5, 0.6) is 11.8 Å². The van der Waals surface area contributed by atoms with Gasteiger partial charge in [0.25, 0.3) is 5.91 Å². The van der Waals surface area contributed by atoms with Gasteiger partial charge < -0.3 is 25.4 Å². The third-order valence-corrected chi connectivity index (χ3v) is 7.88. The van der Waals surface area contributed by atoms with E-state index < -0.39 is 6.09 Å². The minimum absolute atomic E-state index is 0.00754. The van der Waals surface area contributed by atoms with E-state index in [9.17, 15) is 14.7 Å². The highest BCUT2D eigenvalue weighted by molar-refractivity contribution is 7.21. The maximum Gasteiger partial charge on any atom is 0.407 e. The van der Waals surface area contributed by atoms with Crippen LogP contribution in [0, 0.1) is 0 Å². The maximum absolute atomic E-state index is 12.7. The first-order valence-corrected chi connectivity index (χ1v) is 13.2. The Bertz CT molecular complexity index is 1570. The van der Waals surface area contributed by atoms with Gasteiger partial charge in [-0.1, -0.05) is 0 Å². The standard InChI is InChI=1S/C24H23ClN8O4S/c1-12-8-26-19-17-15(38-20(19)21(34)29-12)3-2-14-18(17)27-10-16(30-14)37-22-13(9-28-23(25)31-22)11-32-4-6-33(7-5-32)24(35)36/h2-3,9-10,12,26H,4-8,11H2,1H3,(H,29,34)(H,35,36)/t12-/m1/s1. The van der Waals surface area contributed by atoms with Crippen molar-refractivity contribution in [1.82, 2.24) is 35.1 Å². The van der Waals surface area contributed by atoms with Crippen molar-refractivity contribution in [2.24, 2.45) is 0 Å². The summed E-state index contributed by atoms with van der Waals surface area (Å²) in [6, 6.07) is 3.79. The van der Waals surface area contributed by atoms with Gasteiger partial charge in [0, 0.05) is 67.2 Å². The number of anilines is 1. The molecule has 0 spiro atoms. The minimum atomic E-state index is -0.914. The molecule has 4 aromatic rings. The van der Waals surface area contributed by atoms with Gasteiger partial charge in [-0.25, -0.2) is 19.7 Å². The number of carbonyl (C=O) groups is 2. The lowest BCUT2D eigenvalue weighted by molar-refractivity contribution is 0.0948. The summed E-state index contributed by atoms with van der Waals surface area (Å²) in [5.74, 6) is 0.402. The predicted molar refractivity (Wildman–Crippen MR) is 142 cm³/mol. The molecule has 2 aliphatic rings. The average molecular weight is 555 g/mol. The van der Waals surface area contributed by atoms with Gasteiger partial charge in [-0.3, -0.25) is 9.69 Å². The van der Waals surface area contributed by atoms with Crippen molar-refractivity contribution in [3.63, 3.8) is 0 Å². The molecule has 0 bridgehead atoms. The van der Waals surface area contributed by atoms with Crippen LogP contribution in [0.4, 0.5) is 10.5 Å². The number of hydrogen-bond donors (Lipinski definition) is 3. The molecule has 1 atom stereocenters. The number of hydrogen-bond acceptors (Lipinski definition) is 10. The van der Waals surface area contributed by atoms with E-state index in [2.05, 4.69) is 35.5 Å². The number of thiophene rings is 1. The molecule has 0 saturated carbocycles. The Hall–Kier alpha value is -3.81. The quantitative estimate of drug-likeness (QED) is 0.321. The van der Waals surface area contributed by atoms with Gasteiger partial charge in [-0.2, -0.15) is 4.98 Å². The molecule has 3 N–H and O–H groups in total. The Morgan fingerprint density at radius 1 is 1.21 bits per heavy atom. The fraction of sp³-hybridized carbons (Fsp3) is 0.333. The van der Waals surface area contributed by atoms with Crippen molar-refractivity contribution in [1.29, 1.82) is 0 Å². The summed E-state index contributed by atoms with van der Waals surface area (Å²) in [5, 5.41) is 16.5. The van der Waals surface area contributed by atoms with Crippen LogP contribution in [0.2, 0.25) is 5.28 Å². The zero-order valence-electron chi connectivity index (χ0n) is 20.3. The zero-order chi connectivity index (χ0) is 26.4. The summed E-state index contributed by atoms with van der Waals surface area (Å²) in [5.41, 5.74) is 2.75. The number of aromatic nitrogens is 4. The fourth-order valence-electron chi connectivity index (χ4n) is 4.63. The van der Waals surface area contributed by atoms with E-state index >= 15 is 0 Å². The van der Waals surface area contributed by atoms with Crippen LogP contribution in [-0.2, 0) is 6.54 Å². The largest absolute Gasteiger partial charge is 0.465 e. The topological polar surface area (TPSA) is 146 Å². The normalized spacial score (nSPS) is 18.1. The molecule has 2 amide bonds. The highest BCUT2D eigenvalue weighted by Crippen LogP contribution is 2.40. The average Bonchev–Trinajstić information content (AvgIpc) is 3.22. The van der Waals surface area contributed by atoms with E-state index in [-0.39, 0.29) is 29.0 Å². The molecule has 5 heterocycles. The van der Waals surface area contributed by atoms with E-state index in [0.717, 1.165) is 15.8 Å². The van der Waals surface area contributed by atoms with Crippen LogP contribution in [0.25, 0.3) is 21.1 Å². The Kier molecular flexibility index (Phi) is 6.33. The molecular weight excluding hydrogens is 532 g/mol. The molecule has 0 unspecified atom stereocenters. The smallest absolute Gasteiger partial charge is 0.407 e. The van der Waals surface area contributed by atoms with Gasteiger partial charge in [0.05, 0.1) is 22.9 Å². The number of rotatable bonds is 4. The van der Waals surface area contributed by atoms with Gasteiger partial charge in [0.2, 0.25) is 17.0 Å². The van der Waals surface area contributed by atoms with E-state index in [0.29, 0.717) is 60.7 Å². The summed E-state index contributed by atoms with van der Waals surface area (Å²) in [6.45, 7) is 5.03. The minimum Gasteiger partial charge on any atom is -0.465 e. The summed E-state index contributed by atoms with van der Waals surface area (Å²) in [4.78, 5) is 45.7. The van der Waals surface area contributed by atoms with Crippen LogP contribution in [-0.4, -0.2) is 85.6 Å². The summed E-state index contributed by atoms with van der Waals surface area (Å²) >= 11 is 7.49. The third-order valence-electron chi connectivity index (χ3n) is 6.54. The number of ether oxygens (including phenoxy) is 1. The number of nitrogens with one attached hydrogen (secondary N) is 2. The fourth-order valence-corrected chi connectivity index (χ4v) is 5.84. The molecule has 1 aromatic carbocycles. The number of carboxylic acid groups (broad SMARTS) is 1. The second-order valence-corrected chi connectivity index (χ2v) is 10.6. The Labute approximate surface area is 225 Å². The first-order valence-electron chi connectivity index (χ1n) is 12.0. The monoisotopic (exact) mass is 554 g/mol. The van der Waals surface area contributed by atoms with Crippen LogP contribution < -0.4 is 15.4 Å². The summed E-state index contributed by atoms with van der Waals surface area (Å²) in [6.07, 6.45) is 2.21. The first kappa shape index (κ1) is 24.5. The number of amides is 2. The maximum atomic E-state index is 12.7. The van der Waals surface area contributed by atoms with Crippen LogP contribution in [0.15, 0.2) is 24.5 Å². The Balaban J connectivity index is 1.29. The number of piperazine rings is 1. The van der Waals surface area contributed by atoms with E-state index in [1.165, 1.54) is 22.4 Å². The van der Waals surface area contributed by atoms with Crippen molar-refractivity contribution in [2.75, 3.05) is 38.0 Å². The number of halogens is 1. The van der Waals surface area contributed by atoms with Crippen LogP contribution in [0.3, 0.4) is 0 Å². The van der Waals surface area contributed by atoms with Gasteiger partial charge in [-0.05, 0) is 30.7 Å². The molecular formula is C24H23ClN8O4S. The van der Waals surface area contributed by atoms with Gasteiger partial charge >= 0.3 is 6.09 Å². The lowest BCUT2D eigenvalue weighted by Crippen LogP contribution is -2.47. The predicted octanol–water partition coefficient (Wildman–Crippen LogP) is 3.42. The van der Waals surface area contributed by atoms with Gasteiger partial charge in [0.15, 0.2) is 0 Å². The van der Waals surface area contributed by atoms with E-state index in [1.54, 1.807) is 6.20 Å². The van der Waals surface area contributed by atoms with Crippen molar-refractivity contribution in [2.45, 2.75) is 19.5 Å². The first-order chi connectivity index (χ1) is 18.4. The Morgan fingerprint density at radius 3 is 2.82 bits per heavy atom. The molecule has 38 heavy (non-hydrogen) atoms. The molecule has 0 radical (unpaired) electrons. The van der Waals surface area contributed by atoms with Gasteiger partial charge in [0.1, 0.15) is 4.88 Å². The molecule has 6 rings (SSSR count). The lowest BCUT2D eigenvalue weighted by Gasteiger charge is -2.33. The third kappa shape index (κ3) is 4.64. The van der Waals surface area contributed by atoms with Crippen LogP contribution >= 0.6 is 22.9 Å². The molecule has 1 saturated heterocycles. The zero-order valence-corrected chi connectivity index (χ0v) is 21.8. The number of benzene rings is 1. The molecule has 3 aromatic heterocycles. The molecule has 196 valence electrons. The highest BCUT2D eigenvalue weighted by Gasteiger charge is 2.26. The highest BCUT2D eigenvalue weighted by atomic mass is 35.5. The van der Waals surface area contributed by atoms with Crippen molar-refractivity contribution < 1.29 is 19.4 Å². The second-order valence-electron chi connectivity index (χ2n) is 9.19. The van der Waals surface area contributed by atoms with Gasteiger partial charge in [-0.15, -0.1) is 11.3 Å². The lowest BCUT2D eigenvalue weighted by atomic mass is 10.1. The van der Waals surface area contributed by atoms with Crippen LogP contribution in [0.1, 0.15) is 22.2 Å². The molecule has 0 aliphatic carbocycles. The van der Waals surface area contributed by atoms with E-state index in [4.69, 9.17) is 16.3 Å². The second kappa shape index (κ2) is 9.82. The molecule has 1 fully saturated rings.